The van der Waals surface area contributed by atoms with Crippen molar-refractivity contribution in [1.29, 1.82) is 0 Å². The van der Waals surface area contributed by atoms with Gasteiger partial charge in [0.2, 0.25) is 0 Å². The Morgan fingerprint density at radius 1 is 1.06 bits per heavy atom. The minimum Gasteiger partial charge on any atom is -0.489 e. The average molecular weight is 451 g/mol. The molecule has 0 unspecified atom stereocenters. The number of carbonyl (C=O) groups excluding carboxylic acids is 1. The molecule has 0 aliphatic rings. The molecule has 166 valence electrons. The maximum atomic E-state index is 13.2. The highest BCUT2D eigenvalue weighted by Crippen LogP contribution is 2.39. The van der Waals surface area contributed by atoms with E-state index in [2.05, 4.69) is 5.32 Å². The van der Waals surface area contributed by atoms with Crippen molar-refractivity contribution in [3.63, 3.8) is 0 Å². The van der Waals surface area contributed by atoms with Crippen molar-refractivity contribution >= 4 is 38.2 Å². The zero-order chi connectivity index (χ0) is 22.5. The summed E-state index contributed by atoms with van der Waals surface area (Å²) in [5.74, 6) is 0.105. The summed E-state index contributed by atoms with van der Waals surface area (Å²) < 4.78 is 13.7. The fourth-order valence-corrected chi connectivity index (χ4v) is 4.90. The molecule has 0 aliphatic heterocycles. The van der Waals surface area contributed by atoms with Crippen LogP contribution in [-0.4, -0.2) is 36.8 Å². The zero-order valence-corrected chi connectivity index (χ0v) is 19.0. The molecule has 0 spiro atoms. The summed E-state index contributed by atoms with van der Waals surface area (Å²) in [5, 5.41) is 4.35. The molecule has 0 bridgehead atoms. The summed E-state index contributed by atoms with van der Waals surface area (Å²) >= 11 is 1.30. The Bertz CT molecular complexity index is 1290. The number of aryl methyl sites for hydroxylation is 1. The molecule has 7 heteroatoms. The van der Waals surface area contributed by atoms with Crippen molar-refractivity contribution in [1.82, 2.24) is 9.88 Å². The number of aromatic nitrogens is 1. The maximum absolute atomic E-state index is 13.2. The molecule has 4 aromatic rings. The molecule has 6 nitrogen and oxygen atoms in total. The van der Waals surface area contributed by atoms with E-state index in [0.29, 0.717) is 35.8 Å². The van der Waals surface area contributed by atoms with E-state index in [0.717, 1.165) is 27.6 Å². The summed E-state index contributed by atoms with van der Waals surface area (Å²) in [6, 6.07) is 17.7. The van der Waals surface area contributed by atoms with E-state index >= 15 is 0 Å². The van der Waals surface area contributed by atoms with Crippen LogP contribution in [-0.2, 0) is 18.2 Å². The number of rotatable bonds is 9. The highest BCUT2D eigenvalue weighted by Gasteiger charge is 2.24. The van der Waals surface area contributed by atoms with Gasteiger partial charge in [0.15, 0.2) is 5.75 Å². The minimum absolute atomic E-state index is 0.176. The molecule has 4 rings (SSSR count). The van der Waals surface area contributed by atoms with Crippen molar-refractivity contribution < 1.29 is 14.3 Å². The molecule has 2 aromatic heterocycles. The molecule has 1 amide bonds. The van der Waals surface area contributed by atoms with Crippen LogP contribution in [0.3, 0.4) is 0 Å². The molecule has 0 saturated carbocycles. The monoisotopic (exact) mass is 450 g/mol. The Morgan fingerprint density at radius 3 is 2.59 bits per heavy atom. The first-order valence-corrected chi connectivity index (χ1v) is 11.5. The SMILES string of the molecule is CCOCCOc1c(C(=O)NCCc2ccccc2)sc2c1c(=O)n(C)c1ccccc21. The van der Waals surface area contributed by atoms with Gasteiger partial charge in [0.1, 0.15) is 16.9 Å². The first-order valence-electron chi connectivity index (χ1n) is 10.7. The number of ether oxygens (including phenoxy) is 2. The summed E-state index contributed by atoms with van der Waals surface area (Å²) in [7, 11) is 1.74. The normalized spacial score (nSPS) is 11.2. The van der Waals surface area contributed by atoms with Crippen molar-refractivity contribution in [3.8, 4) is 5.75 Å². The number of hydrogen-bond donors (Lipinski definition) is 1. The van der Waals surface area contributed by atoms with Gasteiger partial charge in [-0.25, -0.2) is 0 Å². The highest BCUT2D eigenvalue weighted by atomic mass is 32.1. The Balaban J connectivity index is 1.71. The summed E-state index contributed by atoms with van der Waals surface area (Å²) in [6.45, 7) is 3.63. The number of para-hydroxylation sites is 1. The van der Waals surface area contributed by atoms with E-state index in [4.69, 9.17) is 9.47 Å². The van der Waals surface area contributed by atoms with E-state index in [-0.39, 0.29) is 18.1 Å². The zero-order valence-electron chi connectivity index (χ0n) is 18.2. The van der Waals surface area contributed by atoms with Crippen LogP contribution in [0.5, 0.6) is 5.75 Å². The van der Waals surface area contributed by atoms with E-state index in [1.54, 1.807) is 11.6 Å². The van der Waals surface area contributed by atoms with Gasteiger partial charge in [-0.3, -0.25) is 9.59 Å². The van der Waals surface area contributed by atoms with E-state index in [9.17, 15) is 9.59 Å². The molecule has 2 aromatic carbocycles. The van der Waals surface area contributed by atoms with Crippen molar-refractivity contribution in [2.45, 2.75) is 13.3 Å². The quantitative estimate of drug-likeness (QED) is 0.389. The van der Waals surface area contributed by atoms with Crippen LogP contribution in [0.1, 0.15) is 22.2 Å². The Labute approximate surface area is 190 Å². The lowest BCUT2D eigenvalue weighted by Crippen LogP contribution is -2.25. The second-order valence-corrected chi connectivity index (χ2v) is 8.40. The average Bonchev–Trinajstić information content (AvgIpc) is 3.21. The number of amides is 1. The highest BCUT2D eigenvalue weighted by molar-refractivity contribution is 7.22. The first kappa shape index (κ1) is 22.0. The van der Waals surface area contributed by atoms with Gasteiger partial charge < -0.3 is 19.4 Å². The smallest absolute Gasteiger partial charge is 0.265 e. The lowest BCUT2D eigenvalue weighted by atomic mass is 10.1. The van der Waals surface area contributed by atoms with Crippen molar-refractivity contribution in [2.24, 2.45) is 7.05 Å². The second kappa shape index (κ2) is 9.97. The topological polar surface area (TPSA) is 69.6 Å². The molecule has 0 aliphatic carbocycles. The van der Waals surface area contributed by atoms with Gasteiger partial charge in [-0.2, -0.15) is 0 Å². The third kappa shape index (κ3) is 4.40. The van der Waals surface area contributed by atoms with E-state index in [1.807, 2.05) is 61.5 Å². The van der Waals surface area contributed by atoms with Gasteiger partial charge >= 0.3 is 0 Å². The number of carbonyl (C=O) groups is 1. The van der Waals surface area contributed by atoms with Gasteiger partial charge in [-0.1, -0.05) is 48.5 Å². The fraction of sp³-hybridized carbons (Fsp3) is 0.280. The lowest BCUT2D eigenvalue weighted by Gasteiger charge is -2.10. The van der Waals surface area contributed by atoms with Crippen LogP contribution in [0, 0.1) is 0 Å². The van der Waals surface area contributed by atoms with Crippen LogP contribution in [0.25, 0.3) is 21.0 Å². The van der Waals surface area contributed by atoms with E-state index in [1.165, 1.54) is 11.3 Å². The fourth-order valence-electron chi connectivity index (χ4n) is 3.71. The van der Waals surface area contributed by atoms with Crippen molar-refractivity contribution in [3.05, 3.63) is 75.4 Å². The predicted octanol–water partition coefficient (Wildman–Crippen LogP) is 4.14. The largest absolute Gasteiger partial charge is 0.489 e. The molecular formula is C25H26N2O4S. The second-order valence-electron chi connectivity index (χ2n) is 7.38. The van der Waals surface area contributed by atoms with Gasteiger partial charge in [0.05, 0.1) is 16.8 Å². The maximum Gasteiger partial charge on any atom is 0.265 e. The third-order valence-corrected chi connectivity index (χ3v) is 6.52. The standard InChI is InChI=1S/C25H26N2O4S/c1-3-30-15-16-31-21-20-22(18-11-7-8-12-19(18)27(2)25(20)29)32-23(21)24(28)26-14-13-17-9-5-4-6-10-17/h4-12H,3,13-16H2,1-2H3,(H,26,28). The number of nitrogens with one attached hydrogen (secondary N) is 1. The Morgan fingerprint density at radius 2 is 1.81 bits per heavy atom. The number of benzene rings is 2. The predicted molar refractivity (Wildman–Crippen MR) is 129 cm³/mol. The van der Waals surface area contributed by atoms with Crippen LogP contribution in [0.4, 0.5) is 0 Å². The molecule has 0 atom stereocenters. The number of fused-ring (bicyclic) bond motifs is 3. The number of thiophene rings is 1. The third-order valence-electron chi connectivity index (χ3n) is 5.32. The summed E-state index contributed by atoms with van der Waals surface area (Å²) in [5.41, 5.74) is 1.80. The minimum atomic E-state index is -0.236. The van der Waals surface area contributed by atoms with E-state index < -0.39 is 0 Å². The van der Waals surface area contributed by atoms with Crippen LogP contribution >= 0.6 is 11.3 Å². The molecule has 0 saturated heterocycles. The molecule has 0 radical (unpaired) electrons. The molecular weight excluding hydrogens is 424 g/mol. The number of pyridine rings is 1. The first-order chi connectivity index (χ1) is 15.6. The number of nitrogens with zero attached hydrogens (tertiary/aromatic N) is 1. The summed E-state index contributed by atoms with van der Waals surface area (Å²) in [6.07, 6.45) is 0.725. The summed E-state index contributed by atoms with van der Waals surface area (Å²) in [4.78, 5) is 26.8. The van der Waals surface area contributed by atoms with Gasteiger partial charge in [-0.05, 0) is 25.0 Å². The van der Waals surface area contributed by atoms with Crippen LogP contribution in [0.15, 0.2) is 59.4 Å². The molecule has 0 fully saturated rings. The van der Waals surface area contributed by atoms with Crippen LogP contribution in [0.2, 0.25) is 0 Å². The molecule has 2 heterocycles. The van der Waals surface area contributed by atoms with Crippen LogP contribution < -0.4 is 15.6 Å². The lowest BCUT2D eigenvalue weighted by molar-refractivity contribution is 0.0943. The van der Waals surface area contributed by atoms with Gasteiger partial charge in [0.25, 0.3) is 11.5 Å². The molecule has 1 N–H and O–H groups in total. The van der Waals surface area contributed by atoms with Gasteiger partial charge in [-0.15, -0.1) is 11.3 Å². The van der Waals surface area contributed by atoms with Crippen molar-refractivity contribution in [2.75, 3.05) is 26.4 Å². The molecule has 32 heavy (non-hydrogen) atoms. The Hall–Kier alpha value is -3.16. The Kier molecular flexibility index (Phi) is 6.87. The van der Waals surface area contributed by atoms with Gasteiger partial charge in [0, 0.05) is 25.6 Å². The number of hydrogen-bond acceptors (Lipinski definition) is 5.